The third kappa shape index (κ3) is 6.87. The molecule has 0 saturated carbocycles. The number of carboxylic acid groups (broad SMARTS) is 2. The summed E-state index contributed by atoms with van der Waals surface area (Å²) in [7, 11) is 2.42. The summed E-state index contributed by atoms with van der Waals surface area (Å²) in [4.78, 5) is 21.8. The van der Waals surface area contributed by atoms with E-state index in [1.165, 1.54) is 39.8 Å². The third-order valence-corrected chi connectivity index (χ3v) is 5.52. The number of phenolic OH excluding ortho intramolecular Hbond substituents is 2. The second kappa shape index (κ2) is 10.3. The second-order valence-corrected chi connectivity index (χ2v) is 7.44. The Morgan fingerprint density at radius 1 is 1.08 bits per heavy atom. The van der Waals surface area contributed by atoms with Crippen LogP contribution in [0.4, 0.5) is 0 Å². The van der Waals surface area contributed by atoms with Gasteiger partial charge in [0, 0.05) is 23.6 Å². The van der Waals surface area contributed by atoms with Crippen molar-refractivity contribution >= 4 is 33.5 Å². The third-order valence-electron chi connectivity index (χ3n) is 3.07. The van der Waals surface area contributed by atoms with Crippen LogP contribution < -0.4 is 11.1 Å². The lowest BCUT2D eigenvalue weighted by Crippen LogP contribution is -2.39. The molecule has 24 heavy (non-hydrogen) atoms. The van der Waals surface area contributed by atoms with E-state index in [2.05, 4.69) is 5.32 Å². The van der Waals surface area contributed by atoms with Crippen molar-refractivity contribution in [2.24, 2.45) is 5.73 Å². The molecule has 0 amide bonds. The SMILES string of the molecule is NC(CSSC[C@H](NCCc1c(O)cccc1O)C(=O)O)C(=O)O. The first-order valence-corrected chi connectivity index (χ1v) is 9.50. The van der Waals surface area contributed by atoms with E-state index in [0.717, 1.165) is 0 Å². The lowest BCUT2D eigenvalue weighted by atomic mass is 10.1. The van der Waals surface area contributed by atoms with Gasteiger partial charge < -0.3 is 31.5 Å². The monoisotopic (exact) mass is 376 g/mol. The van der Waals surface area contributed by atoms with Crippen LogP contribution in [-0.4, -0.2) is 62.5 Å². The zero-order chi connectivity index (χ0) is 18.1. The predicted molar refractivity (Wildman–Crippen MR) is 93.4 cm³/mol. The topological polar surface area (TPSA) is 153 Å². The minimum absolute atomic E-state index is 0.0451. The van der Waals surface area contributed by atoms with Crippen molar-refractivity contribution in [1.82, 2.24) is 5.32 Å². The fourth-order valence-corrected chi connectivity index (χ4v) is 4.02. The van der Waals surface area contributed by atoms with Gasteiger partial charge in [-0.3, -0.25) is 9.59 Å². The molecule has 0 heterocycles. The molecule has 0 spiro atoms. The van der Waals surface area contributed by atoms with E-state index in [1.54, 1.807) is 0 Å². The van der Waals surface area contributed by atoms with E-state index in [0.29, 0.717) is 5.56 Å². The fraction of sp³-hybridized carbons (Fsp3) is 0.429. The summed E-state index contributed by atoms with van der Waals surface area (Å²) < 4.78 is 0. The summed E-state index contributed by atoms with van der Waals surface area (Å²) in [6, 6.07) is 2.58. The van der Waals surface area contributed by atoms with Crippen LogP contribution in [0.1, 0.15) is 5.56 Å². The molecule has 8 nitrogen and oxygen atoms in total. The molecule has 0 saturated heterocycles. The predicted octanol–water partition coefficient (Wildman–Crippen LogP) is 0.476. The molecule has 0 bridgehead atoms. The number of nitrogens with two attached hydrogens (primary N) is 1. The number of hydrogen-bond acceptors (Lipinski definition) is 8. The molecule has 2 atom stereocenters. The van der Waals surface area contributed by atoms with E-state index in [9.17, 15) is 24.9 Å². The van der Waals surface area contributed by atoms with Gasteiger partial charge in [-0.05, 0) is 18.6 Å². The lowest BCUT2D eigenvalue weighted by Gasteiger charge is -2.15. The van der Waals surface area contributed by atoms with Crippen LogP contribution >= 0.6 is 21.6 Å². The standard InChI is InChI=1S/C14H20N2O6S2/c15-9(13(19)20)6-23-24-7-10(14(21)22)16-5-4-8-11(17)2-1-3-12(8)18/h1-3,9-10,16-18H,4-7,15H2,(H,19,20)(H,21,22)/t9?,10-/m0/s1. The Balaban J connectivity index is 2.38. The van der Waals surface area contributed by atoms with E-state index in [1.807, 2.05) is 0 Å². The second-order valence-electron chi connectivity index (χ2n) is 4.88. The largest absolute Gasteiger partial charge is 0.508 e. The molecule has 10 heteroatoms. The van der Waals surface area contributed by atoms with Gasteiger partial charge in [0.25, 0.3) is 0 Å². The summed E-state index contributed by atoms with van der Waals surface area (Å²) in [5, 5.41) is 40.0. The highest BCUT2D eigenvalue weighted by molar-refractivity contribution is 8.76. The number of phenols is 2. The summed E-state index contributed by atoms with van der Waals surface area (Å²) in [5.74, 6) is -1.82. The molecule has 1 aromatic rings. The molecule has 7 N–H and O–H groups in total. The van der Waals surface area contributed by atoms with Crippen LogP contribution in [0.5, 0.6) is 11.5 Å². The average Bonchev–Trinajstić information content (AvgIpc) is 2.51. The maximum absolute atomic E-state index is 11.2. The minimum Gasteiger partial charge on any atom is -0.508 e. The van der Waals surface area contributed by atoms with Gasteiger partial charge in [-0.25, -0.2) is 0 Å². The highest BCUT2D eigenvalue weighted by Crippen LogP contribution is 2.26. The van der Waals surface area contributed by atoms with Crippen molar-refractivity contribution in [3.8, 4) is 11.5 Å². The van der Waals surface area contributed by atoms with Crippen molar-refractivity contribution in [3.05, 3.63) is 23.8 Å². The minimum atomic E-state index is -1.10. The van der Waals surface area contributed by atoms with Crippen LogP contribution in [0.2, 0.25) is 0 Å². The van der Waals surface area contributed by atoms with Gasteiger partial charge in [-0.15, -0.1) is 0 Å². The molecular formula is C14H20N2O6S2. The van der Waals surface area contributed by atoms with Gasteiger partial charge in [-0.2, -0.15) is 0 Å². The Morgan fingerprint density at radius 3 is 2.21 bits per heavy atom. The molecule has 1 rings (SSSR count). The molecule has 0 aliphatic rings. The zero-order valence-corrected chi connectivity index (χ0v) is 14.3. The average molecular weight is 376 g/mol. The molecular weight excluding hydrogens is 356 g/mol. The number of rotatable bonds is 11. The van der Waals surface area contributed by atoms with Crippen LogP contribution in [0.3, 0.4) is 0 Å². The Kier molecular flexibility index (Phi) is 8.76. The van der Waals surface area contributed by atoms with Crippen molar-refractivity contribution in [2.45, 2.75) is 18.5 Å². The highest BCUT2D eigenvalue weighted by Gasteiger charge is 2.18. The van der Waals surface area contributed by atoms with Gasteiger partial charge >= 0.3 is 11.9 Å². The van der Waals surface area contributed by atoms with Crippen molar-refractivity contribution in [1.29, 1.82) is 0 Å². The molecule has 1 unspecified atom stereocenters. The first kappa shape index (κ1) is 20.4. The number of aliphatic carboxylic acids is 2. The Bertz CT molecular complexity index is 552. The van der Waals surface area contributed by atoms with Gasteiger partial charge in [0.1, 0.15) is 23.6 Å². The van der Waals surface area contributed by atoms with Gasteiger partial charge in [0.15, 0.2) is 0 Å². The maximum Gasteiger partial charge on any atom is 0.321 e. The van der Waals surface area contributed by atoms with Crippen LogP contribution in [0.15, 0.2) is 18.2 Å². The Hall–Kier alpha value is -1.62. The first-order chi connectivity index (χ1) is 11.3. The van der Waals surface area contributed by atoms with E-state index in [-0.39, 0.29) is 36.0 Å². The van der Waals surface area contributed by atoms with Gasteiger partial charge in [-0.1, -0.05) is 27.7 Å². The molecule has 1 aromatic carbocycles. The number of aromatic hydroxyl groups is 2. The zero-order valence-electron chi connectivity index (χ0n) is 12.7. The van der Waals surface area contributed by atoms with Gasteiger partial charge in [0.05, 0.1) is 0 Å². The molecule has 0 fully saturated rings. The molecule has 0 aliphatic heterocycles. The molecule has 134 valence electrons. The first-order valence-electron chi connectivity index (χ1n) is 7.01. The van der Waals surface area contributed by atoms with E-state index >= 15 is 0 Å². The summed E-state index contributed by atoms with van der Waals surface area (Å²) in [6.45, 7) is 0.252. The number of nitrogens with one attached hydrogen (secondary N) is 1. The van der Waals surface area contributed by atoms with Crippen LogP contribution in [-0.2, 0) is 16.0 Å². The number of carbonyl (C=O) groups is 2. The molecule has 0 aromatic heterocycles. The lowest BCUT2D eigenvalue weighted by molar-refractivity contribution is -0.139. The summed E-state index contributed by atoms with van der Waals surface area (Å²) in [5.41, 5.74) is 5.70. The molecule has 0 aliphatic carbocycles. The van der Waals surface area contributed by atoms with Crippen LogP contribution in [0.25, 0.3) is 0 Å². The maximum atomic E-state index is 11.2. The Labute approximate surface area is 146 Å². The smallest absolute Gasteiger partial charge is 0.321 e. The molecule has 0 radical (unpaired) electrons. The summed E-state index contributed by atoms with van der Waals surface area (Å²) in [6.07, 6.45) is 0.268. The number of hydrogen-bond donors (Lipinski definition) is 6. The van der Waals surface area contributed by atoms with Crippen LogP contribution in [0, 0.1) is 0 Å². The van der Waals surface area contributed by atoms with Crippen molar-refractivity contribution in [3.63, 3.8) is 0 Å². The van der Waals surface area contributed by atoms with Crippen molar-refractivity contribution in [2.75, 3.05) is 18.1 Å². The van der Waals surface area contributed by atoms with Gasteiger partial charge in [0.2, 0.25) is 0 Å². The summed E-state index contributed by atoms with van der Waals surface area (Å²) >= 11 is 0. The Morgan fingerprint density at radius 2 is 1.67 bits per heavy atom. The quantitative estimate of drug-likeness (QED) is 0.237. The fourth-order valence-electron chi connectivity index (χ4n) is 1.72. The number of benzene rings is 1. The normalized spacial score (nSPS) is 13.4. The van der Waals surface area contributed by atoms with Crippen molar-refractivity contribution < 1.29 is 30.0 Å². The van der Waals surface area contributed by atoms with E-state index in [4.69, 9.17) is 10.8 Å². The number of carboxylic acids is 2. The van der Waals surface area contributed by atoms with E-state index < -0.39 is 24.0 Å². The highest BCUT2D eigenvalue weighted by atomic mass is 33.1.